The summed E-state index contributed by atoms with van der Waals surface area (Å²) in [5.41, 5.74) is 3.57. The Balaban J connectivity index is 1.71. The van der Waals surface area contributed by atoms with Crippen molar-refractivity contribution < 1.29 is 9.59 Å². The van der Waals surface area contributed by atoms with Gasteiger partial charge in [0.2, 0.25) is 11.8 Å². The second-order valence-corrected chi connectivity index (χ2v) is 8.90. The van der Waals surface area contributed by atoms with E-state index in [0.29, 0.717) is 12.2 Å². The van der Waals surface area contributed by atoms with E-state index in [4.69, 9.17) is 0 Å². The number of hydrogen-bond acceptors (Lipinski definition) is 3. The predicted molar refractivity (Wildman–Crippen MR) is 134 cm³/mol. The number of benzene rings is 3. The topological polar surface area (TPSA) is 49.4 Å². The Hall–Kier alpha value is -3.70. The number of thiophene rings is 1. The largest absolute Gasteiger partial charge is 0.350 e. The summed E-state index contributed by atoms with van der Waals surface area (Å²) < 4.78 is 0. The van der Waals surface area contributed by atoms with E-state index in [-0.39, 0.29) is 18.2 Å². The van der Waals surface area contributed by atoms with Crippen molar-refractivity contribution in [3.8, 4) is 0 Å². The van der Waals surface area contributed by atoms with Gasteiger partial charge in [0.05, 0.1) is 6.42 Å². The highest BCUT2D eigenvalue weighted by atomic mass is 32.1. The molecule has 166 valence electrons. The summed E-state index contributed by atoms with van der Waals surface area (Å²) in [6.45, 7) is 2.40. The van der Waals surface area contributed by atoms with Crippen LogP contribution in [-0.2, 0) is 22.6 Å². The lowest BCUT2D eigenvalue weighted by atomic mass is 10.0. The lowest BCUT2D eigenvalue weighted by Gasteiger charge is -2.31. The SMILES string of the molecule is Cc1ccc(C(C(=O)NCc2ccccc2)N(C(=O)Cc2cccs2)c2ccccc2)cc1. The molecule has 4 rings (SSSR count). The second kappa shape index (κ2) is 10.7. The number of nitrogens with zero attached hydrogens (tertiary/aromatic N) is 1. The molecule has 0 bridgehead atoms. The zero-order valence-corrected chi connectivity index (χ0v) is 19.3. The molecule has 0 aliphatic carbocycles. The number of aryl methyl sites for hydroxylation is 1. The number of amides is 2. The molecule has 0 aliphatic heterocycles. The summed E-state index contributed by atoms with van der Waals surface area (Å²) in [7, 11) is 0. The zero-order chi connectivity index (χ0) is 23.0. The van der Waals surface area contributed by atoms with Crippen LogP contribution in [0.3, 0.4) is 0 Å². The van der Waals surface area contributed by atoms with Crippen molar-refractivity contribution in [2.45, 2.75) is 25.9 Å². The first kappa shape index (κ1) is 22.5. The third-order valence-electron chi connectivity index (χ3n) is 5.42. The molecule has 1 atom stereocenters. The van der Waals surface area contributed by atoms with Crippen LogP contribution in [0, 0.1) is 6.92 Å². The first-order valence-electron chi connectivity index (χ1n) is 10.9. The molecule has 0 radical (unpaired) electrons. The lowest BCUT2D eigenvalue weighted by molar-refractivity contribution is -0.126. The minimum atomic E-state index is -0.788. The normalized spacial score (nSPS) is 11.5. The van der Waals surface area contributed by atoms with Crippen LogP contribution in [0.1, 0.15) is 27.6 Å². The number of carbonyl (C=O) groups excluding carboxylic acids is 2. The Morgan fingerprint density at radius 2 is 1.52 bits per heavy atom. The van der Waals surface area contributed by atoms with Gasteiger partial charge < -0.3 is 5.32 Å². The third-order valence-corrected chi connectivity index (χ3v) is 6.29. The number of nitrogens with one attached hydrogen (secondary N) is 1. The zero-order valence-electron chi connectivity index (χ0n) is 18.5. The highest BCUT2D eigenvalue weighted by Gasteiger charge is 2.32. The third kappa shape index (κ3) is 5.76. The van der Waals surface area contributed by atoms with Crippen LogP contribution in [0.25, 0.3) is 0 Å². The van der Waals surface area contributed by atoms with Crippen molar-refractivity contribution in [1.82, 2.24) is 5.32 Å². The number of anilines is 1. The monoisotopic (exact) mass is 454 g/mol. The molecule has 1 N–H and O–H groups in total. The molecule has 0 fully saturated rings. The van der Waals surface area contributed by atoms with Gasteiger partial charge in [-0.15, -0.1) is 11.3 Å². The minimum Gasteiger partial charge on any atom is -0.350 e. The first-order chi connectivity index (χ1) is 16.1. The summed E-state index contributed by atoms with van der Waals surface area (Å²) >= 11 is 1.54. The van der Waals surface area contributed by atoms with E-state index in [2.05, 4.69) is 5.32 Å². The molecule has 0 saturated carbocycles. The molecule has 0 aliphatic rings. The molecule has 0 saturated heterocycles. The van der Waals surface area contributed by atoms with E-state index in [0.717, 1.165) is 21.6 Å². The maximum absolute atomic E-state index is 13.6. The standard InChI is InChI=1S/C28H26N2O2S/c1-21-14-16-23(17-15-21)27(28(32)29-20-22-9-4-2-5-10-22)30(24-11-6-3-7-12-24)26(31)19-25-13-8-18-33-25/h2-18,27H,19-20H2,1H3,(H,29,32). The minimum absolute atomic E-state index is 0.121. The van der Waals surface area contributed by atoms with E-state index in [1.165, 1.54) is 0 Å². The van der Waals surface area contributed by atoms with Crippen LogP contribution in [0.4, 0.5) is 5.69 Å². The van der Waals surface area contributed by atoms with E-state index >= 15 is 0 Å². The van der Waals surface area contributed by atoms with Gasteiger partial charge in [-0.05, 0) is 41.6 Å². The predicted octanol–water partition coefficient (Wildman–Crippen LogP) is 5.69. The summed E-state index contributed by atoms with van der Waals surface area (Å²) in [6, 6.07) is 30.1. The summed E-state index contributed by atoms with van der Waals surface area (Å²) in [5.74, 6) is -0.338. The highest BCUT2D eigenvalue weighted by molar-refractivity contribution is 7.10. The summed E-state index contributed by atoms with van der Waals surface area (Å²) in [4.78, 5) is 29.8. The molecular weight excluding hydrogens is 428 g/mol. The van der Waals surface area contributed by atoms with Crippen LogP contribution in [0.2, 0.25) is 0 Å². The average molecular weight is 455 g/mol. The molecule has 5 heteroatoms. The van der Waals surface area contributed by atoms with Gasteiger partial charge in [-0.1, -0.05) is 84.4 Å². The number of hydrogen-bond donors (Lipinski definition) is 1. The fraction of sp³-hybridized carbons (Fsp3) is 0.143. The molecule has 0 spiro atoms. The molecule has 1 aromatic heterocycles. The fourth-order valence-electron chi connectivity index (χ4n) is 3.72. The van der Waals surface area contributed by atoms with Crippen molar-refractivity contribution in [2.24, 2.45) is 0 Å². The van der Waals surface area contributed by atoms with Gasteiger partial charge in [-0.25, -0.2) is 0 Å². The molecule has 33 heavy (non-hydrogen) atoms. The Kier molecular flexibility index (Phi) is 7.33. The Bertz CT molecular complexity index is 1170. The maximum Gasteiger partial charge on any atom is 0.248 e. The first-order valence-corrected chi connectivity index (χ1v) is 11.8. The summed E-state index contributed by atoms with van der Waals surface area (Å²) in [6.07, 6.45) is 0.237. The molecule has 4 nitrogen and oxygen atoms in total. The van der Waals surface area contributed by atoms with E-state index in [9.17, 15) is 9.59 Å². The quantitative estimate of drug-likeness (QED) is 0.372. The van der Waals surface area contributed by atoms with E-state index in [1.54, 1.807) is 16.2 Å². The molecule has 4 aromatic rings. The molecule has 1 unspecified atom stereocenters. The van der Waals surface area contributed by atoms with Gasteiger partial charge in [0, 0.05) is 17.1 Å². The number of para-hydroxylation sites is 1. The fourth-order valence-corrected chi connectivity index (χ4v) is 4.42. The van der Waals surface area contributed by atoms with Crippen LogP contribution >= 0.6 is 11.3 Å². The van der Waals surface area contributed by atoms with Crippen molar-refractivity contribution in [1.29, 1.82) is 0 Å². The van der Waals surface area contributed by atoms with Crippen molar-refractivity contribution >= 4 is 28.8 Å². The smallest absolute Gasteiger partial charge is 0.248 e. The van der Waals surface area contributed by atoms with Crippen LogP contribution in [0.5, 0.6) is 0 Å². The van der Waals surface area contributed by atoms with Crippen molar-refractivity contribution in [3.05, 3.63) is 124 Å². The van der Waals surface area contributed by atoms with E-state index in [1.807, 2.05) is 109 Å². The van der Waals surface area contributed by atoms with E-state index < -0.39 is 6.04 Å². The van der Waals surface area contributed by atoms with Gasteiger partial charge >= 0.3 is 0 Å². The van der Waals surface area contributed by atoms with Gasteiger partial charge in [-0.3, -0.25) is 14.5 Å². The molecule has 1 heterocycles. The Morgan fingerprint density at radius 3 is 2.15 bits per heavy atom. The van der Waals surface area contributed by atoms with Crippen LogP contribution in [0.15, 0.2) is 102 Å². The summed E-state index contributed by atoms with van der Waals surface area (Å²) in [5, 5.41) is 5.00. The Labute approximate surface area is 198 Å². The maximum atomic E-state index is 13.6. The Morgan fingerprint density at radius 1 is 0.848 bits per heavy atom. The van der Waals surface area contributed by atoms with Crippen molar-refractivity contribution in [2.75, 3.05) is 4.90 Å². The van der Waals surface area contributed by atoms with Crippen LogP contribution < -0.4 is 10.2 Å². The average Bonchev–Trinajstić information content (AvgIpc) is 3.36. The van der Waals surface area contributed by atoms with Gasteiger partial charge in [0.1, 0.15) is 6.04 Å². The molecule has 3 aromatic carbocycles. The number of carbonyl (C=O) groups is 2. The van der Waals surface area contributed by atoms with Gasteiger partial charge in [0.25, 0.3) is 0 Å². The highest BCUT2D eigenvalue weighted by Crippen LogP contribution is 2.29. The molecular formula is C28H26N2O2S. The van der Waals surface area contributed by atoms with Crippen LogP contribution in [-0.4, -0.2) is 11.8 Å². The van der Waals surface area contributed by atoms with Crippen molar-refractivity contribution in [3.63, 3.8) is 0 Å². The molecule has 2 amide bonds. The van der Waals surface area contributed by atoms with Gasteiger partial charge in [0.15, 0.2) is 0 Å². The number of rotatable bonds is 8. The second-order valence-electron chi connectivity index (χ2n) is 7.87. The lowest BCUT2D eigenvalue weighted by Crippen LogP contribution is -2.44. The van der Waals surface area contributed by atoms with Gasteiger partial charge in [-0.2, -0.15) is 0 Å².